The Bertz CT molecular complexity index is 239. The van der Waals surface area contributed by atoms with Gasteiger partial charge in [-0.3, -0.25) is 0 Å². The summed E-state index contributed by atoms with van der Waals surface area (Å²) in [6.07, 6.45) is -2.18. The van der Waals surface area contributed by atoms with Gasteiger partial charge in [0.2, 0.25) is 0 Å². The molecule has 0 radical (unpaired) electrons. The van der Waals surface area contributed by atoms with E-state index in [9.17, 15) is 9.90 Å². The molecule has 6 nitrogen and oxygen atoms in total. The van der Waals surface area contributed by atoms with Crippen molar-refractivity contribution in [2.45, 2.75) is 51.5 Å². The highest BCUT2D eigenvalue weighted by Crippen LogP contribution is 2.08. The smallest absolute Gasteiger partial charge is 0.408 e. The highest BCUT2D eigenvalue weighted by Gasteiger charge is 2.27. The Morgan fingerprint density at radius 1 is 1.41 bits per heavy atom. The number of aliphatic hydroxyl groups excluding tert-OH is 2. The molecule has 1 amide bonds. The third-order valence-electron chi connectivity index (χ3n) is 2.16. The molecule has 0 aliphatic carbocycles. The van der Waals surface area contributed by atoms with Gasteiger partial charge < -0.3 is 25.0 Å². The summed E-state index contributed by atoms with van der Waals surface area (Å²) in [5, 5.41) is 21.3. The van der Waals surface area contributed by atoms with Crippen molar-refractivity contribution < 1.29 is 24.5 Å². The number of nitrogens with one attached hydrogen (secondary N) is 1. The number of carbonyl (C=O) groups excluding carboxylic acids is 1. The first-order valence-corrected chi connectivity index (χ1v) is 5.52. The van der Waals surface area contributed by atoms with Gasteiger partial charge in [-0.1, -0.05) is 0 Å². The summed E-state index contributed by atoms with van der Waals surface area (Å²) in [6.45, 7) is 6.44. The maximum absolute atomic E-state index is 11.4. The number of aliphatic hydroxyl groups is 2. The van der Waals surface area contributed by atoms with E-state index in [0.29, 0.717) is 0 Å². The Balaban J connectivity index is 4.35. The lowest BCUT2D eigenvalue weighted by Crippen LogP contribution is -2.51. The third-order valence-corrected chi connectivity index (χ3v) is 2.16. The van der Waals surface area contributed by atoms with Crippen LogP contribution in [0.3, 0.4) is 0 Å². The molecular formula is C11H23NO5. The van der Waals surface area contributed by atoms with E-state index in [0.717, 1.165) is 0 Å². The molecule has 0 saturated carbocycles. The van der Waals surface area contributed by atoms with E-state index in [4.69, 9.17) is 14.6 Å². The molecule has 17 heavy (non-hydrogen) atoms. The molecule has 3 N–H and O–H groups in total. The van der Waals surface area contributed by atoms with Crippen LogP contribution in [-0.2, 0) is 9.47 Å². The van der Waals surface area contributed by atoms with Gasteiger partial charge in [-0.25, -0.2) is 4.79 Å². The first-order chi connectivity index (χ1) is 7.71. The van der Waals surface area contributed by atoms with Gasteiger partial charge in [0.25, 0.3) is 0 Å². The summed E-state index contributed by atoms with van der Waals surface area (Å²) in [7, 11) is 1.44. The Labute approximate surface area is 102 Å². The molecule has 0 spiro atoms. The fraction of sp³-hybridized carbons (Fsp3) is 0.909. The lowest BCUT2D eigenvalue weighted by Gasteiger charge is -2.27. The van der Waals surface area contributed by atoms with Gasteiger partial charge in [-0.2, -0.15) is 0 Å². The number of methoxy groups -OCH3 is 1. The van der Waals surface area contributed by atoms with E-state index < -0.39 is 36.6 Å². The first-order valence-electron chi connectivity index (χ1n) is 5.52. The van der Waals surface area contributed by atoms with Crippen LogP contribution in [-0.4, -0.2) is 53.9 Å². The number of rotatable bonds is 5. The van der Waals surface area contributed by atoms with Crippen LogP contribution in [0.2, 0.25) is 0 Å². The van der Waals surface area contributed by atoms with E-state index in [1.807, 2.05) is 0 Å². The number of alkyl carbamates (subject to hydrolysis) is 1. The van der Waals surface area contributed by atoms with Crippen LogP contribution in [0.4, 0.5) is 4.79 Å². The molecule has 0 bridgehead atoms. The second kappa shape index (κ2) is 6.78. The van der Waals surface area contributed by atoms with Gasteiger partial charge >= 0.3 is 6.09 Å². The van der Waals surface area contributed by atoms with Gasteiger partial charge in [0, 0.05) is 7.11 Å². The second-order valence-electron chi connectivity index (χ2n) is 4.87. The Kier molecular flexibility index (Phi) is 6.44. The second-order valence-corrected chi connectivity index (χ2v) is 4.87. The van der Waals surface area contributed by atoms with E-state index in [1.54, 1.807) is 27.7 Å². The molecule has 0 aliphatic rings. The van der Waals surface area contributed by atoms with Gasteiger partial charge in [-0.15, -0.1) is 0 Å². The summed E-state index contributed by atoms with van der Waals surface area (Å²) in [5.41, 5.74) is -0.623. The zero-order valence-corrected chi connectivity index (χ0v) is 11.1. The van der Waals surface area contributed by atoms with Crippen LogP contribution in [0.5, 0.6) is 0 Å². The molecule has 0 aromatic heterocycles. The topological polar surface area (TPSA) is 88.0 Å². The van der Waals surface area contributed by atoms with Crippen molar-refractivity contribution in [3.05, 3.63) is 0 Å². The lowest BCUT2D eigenvalue weighted by molar-refractivity contribution is -0.0326. The summed E-state index contributed by atoms with van der Waals surface area (Å²) in [4.78, 5) is 11.4. The molecule has 0 aliphatic heterocycles. The number of carbonyl (C=O) groups is 1. The molecule has 0 unspecified atom stereocenters. The Hall–Kier alpha value is -0.850. The zero-order chi connectivity index (χ0) is 13.6. The van der Waals surface area contributed by atoms with Crippen molar-refractivity contribution in [2.75, 3.05) is 13.7 Å². The molecule has 0 rings (SSSR count). The largest absolute Gasteiger partial charge is 0.444 e. The third kappa shape index (κ3) is 6.45. The van der Waals surface area contributed by atoms with Crippen LogP contribution in [0, 0.1) is 0 Å². The van der Waals surface area contributed by atoms with Crippen molar-refractivity contribution >= 4 is 6.09 Å². The van der Waals surface area contributed by atoms with Crippen LogP contribution in [0.15, 0.2) is 0 Å². The monoisotopic (exact) mass is 249 g/mol. The minimum absolute atomic E-state index is 0.395. The minimum Gasteiger partial charge on any atom is -0.444 e. The molecule has 102 valence electrons. The maximum atomic E-state index is 11.4. The van der Waals surface area contributed by atoms with Gasteiger partial charge in [0.05, 0.1) is 18.8 Å². The van der Waals surface area contributed by atoms with Crippen LogP contribution in [0.1, 0.15) is 27.7 Å². The fourth-order valence-electron chi connectivity index (χ4n) is 1.16. The Morgan fingerprint density at radius 3 is 2.29 bits per heavy atom. The van der Waals surface area contributed by atoms with Crippen LogP contribution >= 0.6 is 0 Å². The standard InChI is InChI=1S/C11H23NO5/c1-7(16-5)9(14)8(6-13)12-10(15)17-11(2,3)4/h7-9,13-14H,6H2,1-5H3,(H,12,15)/t7-,8+,9+/m1/s1. The van der Waals surface area contributed by atoms with Crippen LogP contribution in [0.25, 0.3) is 0 Å². The average molecular weight is 249 g/mol. The summed E-state index contributed by atoms with van der Waals surface area (Å²) in [5.74, 6) is 0. The molecule has 0 aromatic carbocycles. The molecule has 6 heteroatoms. The number of hydrogen-bond donors (Lipinski definition) is 3. The highest BCUT2D eigenvalue weighted by molar-refractivity contribution is 5.68. The summed E-state index contributed by atoms with van der Waals surface area (Å²) < 4.78 is 9.94. The van der Waals surface area contributed by atoms with Crippen molar-refractivity contribution in [1.82, 2.24) is 5.32 Å². The normalized spacial score (nSPS) is 17.1. The van der Waals surface area contributed by atoms with E-state index in [-0.39, 0.29) is 0 Å². The number of ether oxygens (including phenoxy) is 2. The molecule has 0 aromatic rings. The van der Waals surface area contributed by atoms with Crippen molar-refractivity contribution in [3.63, 3.8) is 0 Å². The zero-order valence-electron chi connectivity index (χ0n) is 11.1. The van der Waals surface area contributed by atoms with E-state index >= 15 is 0 Å². The van der Waals surface area contributed by atoms with Crippen molar-refractivity contribution in [1.29, 1.82) is 0 Å². The van der Waals surface area contributed by atoms with Crippen molar-refractivity contribution in [3.8, 4) is 0 Å². The molecule has 0 heterocycles. The number of amides is 1. The SMILES string of the molecule is CO[C@H](C)[C@H](O)[C@H](CO)NC(=O)OC(C)(C)C. The Morgan fingerprint density at radius 2 is 1.94 bits per heavy atom. The first kappa shape index (κ1) is 16.1. The molecular weight excluding hydrogens is 226 g/mol. The average Bonchev–Trinajstić information content (AvgIpc) is 2.21. The maximum Gasteiger partial charge on any atom is 0.408 e. The van der Waals surface area contributed by atoms with Gasteiger partial charge in [0.1, 0.15) is 11.7 Å². The lowest BCUT2D eigenvalue weighted by atomic mass is 10.1. The summed E-state index contributed by atoms with van der Waals surface area (Å²) in [6, 6.07) is -0.820. The molecule has 3 atom stereocenters. The van der Waals surface area contributed by atoms with Gasteiger partial charge in [0.15, 0.2) is 0 Å². The van der Waals surface area contributed by atoms with Crippen LogP contribution < -0.4 is 5.32 Å². The van der Waals surface area contributed by atoms with E-state index in [1.165, 1.54) is 7.11 Å². The van der Waals surface area contributed by atoms with E-state index in [2.05, 4.69) is 5.32 Å². The molecule has 0 fully saturated rings. The molecule has 0 saturated heterocycles. The predicted octanol–water partition coefficient (Wildman–Crippen LogP) is 0.268. The van der Waals surface area contributed by atoms with Gasteiger partial charge in [-0.05, 0) is 27.7 Å². The highest BCUT2D eigenvalue weighted by atomic mass is 16.6. The summed E-state index contributed by atoms with van der Waals surface area (Å²) >= 11 is 0. The number of hydrogen-bond acceptors (Lipinski definition) is 5. The predicted molar refractivity (Wildman–Crippen MR) is 62.7 cm³/mol. The van der Waals surface area contributed by atoms with Crippen molar-refractivity contribution in [2.24, 2.45) is 0 Å². The minimum atomic E-state index is -1.00. The fourth-order valence-corrected chi connectivity index (χ4v) is 1.16. The quantitative estimate of drug-likeness (QED) is 0.651.